The normalized spacial score (nSPS) is 13.1. The highest BCUT2D eigenvalue weighted by Gasteiger charge is 2.26. The van der Waals surface area contributed by atoms with Crippen molar-refractivity contribution in [3.63, 3.8) is 0 Å². The van der Waals surface area contributed by atoms with Gasteiger partial charge in [-0.05, 0) is 12.8 Å². The first-order valence-electron chi connectivity index (χ1n) is 7.86. The molecule has 2 atom stereocenters. The summed E-state index contributed by atoms with van der Waals surface area (Å²) in [4.78, 5) is 32.3. The van der Waals surface area contributed by atoms with E-state index in [1.165, 1.54) is 6.20 Å². The van der Waals surface area contributed by atoms with E-state index in [0.29, 0.717) is 17.9 Å². The van der Waals surface area contributed by atoms with E-state index in [2.05, 4.69) is 15.3 Å². The maximum absolute atomic E-state index is 12.4. The zero-order valence-corrected chi connectivity index (χ0v) is 14.0. The van der Waals surface area contributed by atoms with E-state index in [9.17, 15) is 14.7 Å². The van der Waals surface area contributed by atoms with Crippen LogP contribution in [0.1, 0.15) is 36.3 Å². The molecule has 0 aliphatic carbocycles. The van der Waals surface area contributed by atoms with Crippen molar-refractivity contribution in [3.8, 4) is 11.4 Å². The number of nitrogens with zero attached hydrogens (tertiary/aromatic N) is 2. The number of carbonyl (C=O) groups excluding carboxylic acids is 1. The fraction of sp³-hybridized carbons (Fsp3) is 0.333. The molecule has 2 N–H and O–H groups in total. The number of hydrogen-bond donors (Lipinski definition) is 2. The van der Waals surface area contributed by atoms with E-state index in [-0.39, 0.29) is 11.5 Å². The number of aliphatic carboxylic acids is 1. The minimum Gasteiger partial charge on any atom is -0.480 e. The van der Waals surface area contributed by atoms with Crippen molar-refractivity contribution in [1.82, 2.24) is 15.3 Å². The van der Waals surface area contributed by atoms with Crippen molar-refractivity contribution in [2.75, 3.05) is 0 Å². The predicted octanol–water partition coefficient (Wildman–Crippen LogP) is 2.68. The number of carbonyl (C=O) groups is 2. The Balaban J connectivity index is 2.23. The minimum absolute atomic E-state index is 0.170. The molecule has 0 aliphatic heterocycles. The maximum atomic E-state index is 12.4. The lowest BCUT2D eigenvalue weighted by Crippen LogP contribution is -2.45. The molecular formula is C18H21N3O3. The molecule has 6 heteroatoms. The topological polar surface area (TPSA) is 92.2 Å². The second kappa shape index (κ2) is 7.68. The summed E-state index contributed by atoms with van der Waals surface area (Å²) >= 11 is 0. The molecule has 126 valence electrons. The summed E-state index contributed by atoms with van der Waals surface area (Å²) in [6.45, 7) is 5.39. The Hall–Kier alpha value is -2.76. The Bertz CT molecular complexity index is 732. The fourth-order valence-electron chi connectivity index (χ4n) is 2.32. The van der Waals surface area contributed by atoms with Gasteiger partial charge >= 0.3 is 5.97 Å². The van der Waals surface area contributed by atoms with Gasteiger partial charge in [0.1, 0.15) is 6.04 Å². The summed E-state index contributed by atoms with van der Waals surface area (Å²) < 4.78 is 0. The fourth-order valence-corrected chi connectivity index (χ4v) is 2.32. The Morgan fingerprint density at radius 3 is 2.46 bits per heavy atom. The highest BCUT2D eigenvalue weighted by molar-refractivity contribution is 5.97. The van der Waals surface area contributed by atoms with Crippen molar-refractivity contribution >= 4 is 11.9 Å². The SMILES string of the molecule is CC[C@H](C)[C@H](NC(=O)c1cnc(-c2ccccc2)nc1C)C(=O)O. The van der Waals surface area contributed by atoms with E-state index in [4.69, 9.17) is 0 Å². The average molecular weight is 327 g/mol. The third-order valence-corrected chi connectivity index (χ3v) is 4.02. The number of carboxylic acid groups (broad SMARTS) is 1. The van der Waals surface area contributed by atoms with E-state index >= 15 is 0 Å². The van der Waals surface area contributed by atoms with Gasteiger partial charge in [-0.2, -0.15) is 0 Å². The molecule has 0 aliphatic rings. The Morgan fingerprint density at radius 1 is 1.25 bits per heavy atom. The number of amides is 1. The van der Waals surface area contributed by atoms with Gasteiger partial charge in [0.25, 0.3) is 5.91 Å². The molecule has 1 aromatic heterocycles. The summed E-state index contributed by atoms with van der Waals surface area (Å²) in [5, 5.41) is 11.9. The number of nitrogens with one attached hydrogen (secondary N) is 1. The molecule has 0 radical (unpaired) electrons. The van der Waals surface area contributed by atoms with Gasteiger partial charge < -0.3 is 10.4 Å². The molecule has 6 nitrogen and oxygen atoms in total. The van der Waals surface area contributed by atoms with Gasteiger partial charge in [-0.3, -0.25) is 4.79 Å². The van der Waals surface area contributed by atoms with Crippen molar-refractivity contribution in [1.29, 1.82) is 0 Å². The van der Waals surface area contributed by atoms with Gasteiger partial charge in [0, 0.05) is 11.8 Å². The first-order chi connectivity index (χ1) is 11.4. The molecule has 1 heterocycles. The van der Waals surface area contributed by atoms with Gasteiger partial charge in [-0.1, -0.05) is 50.6 Å². The monoisotopic (exact) mass is 327 g/mol. The largest absolute Gasteiger partial charge is 0.480 e. The smallest absolute Gasteiger partial charge is 0.326 e. The highest BCUT2D eigenvalue weighted by Crippen LogP contribution is 2.16. The molecule has 0 unspecified atom stereocenters. The highest BCUT2D eigenvalue weighted by atomic mass is 16.4. The van der Waals surface area contributed by atoms with E-state index < -0.39 is 17.9 Å². The van der Waals surface area contributed by atoms with Gasteiger partial charge in [-0.25, -0.2) is 14.8 Å². The van der Waals surface area contributed by atoms with Crippen LogP contribution in [-0.4, -0.2) is 33.0 Å². The van der Waals surface area contributed by atoms with Crippen LogP contribution < -0.4 is 5.32 Å². The molecular weight excluding hydrogens is 306 g/mol. The molecule has 1 aromatic carbocycles. The lowest BCUT2D eigenvalue weighted by atomic mass is 9.99. The van der Waals surface area contributed by atoms with E-state index in [0.717, 1.165) is 5.56 Å². The quantitative estimate of drug-likeness (QED) is 0.851. The van der Waals surface area contributed by atoms with Crippen LogP contribution in [0.3, 0.4) is 0 Å². The van der Waals surface area contributed by atoms with E-state index in [1.807, 2.05) is 37.3 Å². The number of benzene rings is 1. The van der Waals surface area contributed by atoms with Crippen LogP contribution in [0.15, 0.2) is 36.5 Å². The molecule has 1 amide bonds. The summed E-state index contributed by atoms with van der Waals surface area (Å²) in [6.07, 6.45) is 2.09. The van der Waals surface area contributed by atoms with Crippen molar-refractivity contribution < 1.29 is 14.7 Å². The Morgan fingerprint density at radius 2 is 1.92 bits per heavy atom. The van der Waals surface area contributed by atoms with Crippen LogP contribution in [0.5, 0.6) is 0 Å². The van der Waals surface area contributed by atoms with Gasteiger partial charge in [-0.15, -0.1) is 0 Å². The van der Waals surface area contributed by atoms with Crippen LogP contribution in [0.4, 0.5) is 0 Å². The summed E-state index contributed by atoms with van der Waals surface area (Å²) in [5.41, 5.74) is 1.65. The summed E-state index contributed by atoms with van der Waals surface area (Å²) in [6, 6.07) is 8.52. The molecule has 24 heavy (non-hydrogen) atoms. The third-order valence-electron chi connectivity index (χ3n) is 4.02. The maximum Gasteiger partial charge on any atom is 0.326 e. The molecule has 0 bridgehead atoms. The predicted molar refractivity (Wildman–Crippen MR) is 90.6 cm³/mol. The van der Waals surface area contributed by atoms with Crippen LogP contribution in [0.2, 0.25) is 0 Å². The number of aromatic nitrogens is 2. The molecule has 0 saturated heterocycles. The lowest BCUT2D eigenvalue weighted by molar-refractivity contribution is -0.140. The van der Waals surface area contributed by atoms with Crippen LogP contribution in [0, 0.1) is 12.8 Å². The molecule has 0 spiro atoms. The zero-order valence-electron chi connectivity index (χ0n) is 14.0. The van der Waals surface area contributed by atoms with Gasteiger partial charge in [0.15, 0.2) is 5.82 Å². The van der Waals surface area contributed by atoms with Crippen molar-refractivity contribution in [2.24, 2.45) is 5.92 Å². The number of aryl methyl sites for hydroxylation is 1. The summed E-state index contributed by atoms with van der Waals surface area (Å²) in [7, 11) is 0. The number of rotatable bonds is 6. The second-order valence-electron chi connectivity index (χ2n) is 5.73. The molecule has 0 saturated carbocycles. The third kappa shape index (κ3) is 3.95. The van der Waals surface area contributed by atoms with Crippen molar-refractivity contribution in [2.45, 2.75) is 33.2 Å². The average Bonchev–Trinajstić information content (AvgIpc) is 2.59. The lowest BCUT2D eigenvalue weighted by Gasteiger charge is -2.20. The summed E-state index contributed by atoms with van der Waals surface area (Å²) in [5.74, 6) is -1.16. The molecule has 2 aromatic rings. The standard InChI is InChI=1S/C18H21N3O3/c1-4-11(2)15(18(23)24)21-17(22)14-10-19-16(20-12(14)3)13-8-6-5-7-9-13/h5-11,15H,4H2,1-3H3,(H,21,22)(H,23,24)/t11-,15-/m0/s1. The van der Waals surface area contributed by atoms with Crippen LogP contribution >= 0.6 is 0 Å². The number of carboxylic acids is 1. The number of hydrogen-bond acceptors (Lipinski definition) is 4. The second-order valence-corrected chi connectivity index (χ2v) is 5.73. The minimum atomic E-state index is -1.04. The zero-order chi connectivity index (χ0) is 17.7. The Labute approximate surface area is 141 Å². The van der Waals surface area contributed by atoms with Crippen LogP contribution in [0.25, 0.3) is 11.4 Å². The first kappa shape index (κ1) is 17.6. The van der Waals surface area contributed by atoms with Gasteiger partial charge in [0.2, 0.25) is 0 Å². The molecule has 2 rings (SSSR count). The Kier molecular flexibility index (Phi) is 5.63. The molecule has 0 fully saturated rings. The van der Waals surface area contributed by atoms with Crippen molar-refractivity contribution in [3.05, 3.63) is 47.8 Å². The van der Waals surface area contributed by atoms with Crippen LogP contribution in [-0.2, 0) is 4.79 Å². The van der Waals surface area contributed by atoms with Gasteiger partial charge in [0.05, 0.1) is 11.3 Å². The van der Waals surface area contributed by atoms with E-state index in [1.54, 1.807) is 13.8 Å². The first-order valence-corrected chi connectivity index (χ1v) is 7.86.